The molecule has 0 N–H and O–H groups in total. The lowest BCUT2D eigenvalue weighted by atomic mass is 10.0. The molecule has 2 aromatic rings. The van der Waals surface area contributed by atoms with E-state index in [0.29, 0.717) is 0 Å². The van der Waals surface area contributed by atoms with Crippen LogP contribution in [-0.4, -0.2) is 23.0 Å². The maximum absolute atomic E-state index is 4.86. The summed E-state index contributed by atoms with van der Waals surface area (Å²) in [5.74, 6) is 1.75. The van der Waals surface area contributed by atoms with Crippen LogP contribution in [0.5, 0.6) is 0 Å². The lowest BCUT2D eigenvalue weighted by Gasteiger charge is -2.23. The minimum atomic E-state index is 0.792. The van der Waals surface area contributed by atoms with Crippen LogP contribution in [0.3, 0.4) is 0 Å². The molecule has 0 radical (unpaired) electrons. The zero-order chi connectivity index (χ0) is 18.6. The first-order valence-electron chi connectivity index (χ1n) is 8.68. The normalized spacial score (nSPS) is 13.6. The Hall–Kier alpha value is -2.07. The lowest BCUT2D eigenvalue weighted by molar-refractivity contribution is 0.839. The maximum Gasteiger partial charge on any atom is 0.171 e. The van der Waals surface area contributed by atoms with Crippen molar-refractivity contribution in [2.75, 3.05) is 7.05 Å². The first-order chi connectivity index (χ1) is 12.0. The first kappa shape index (κ1) is 19.3. The Morgan fingerprint density at radius 3 is 1.84 bits per heavy atom. The number of hydrogen-bond donors (Lipinski definition) is 0. The van der Waals surface area contributed by atoms with Gasteiger partial charge in [0, 0.05) is 18.2 Å². The number of benzene rings is 2. The van der Waals surface area contributed by atoms with Gasteiger partial charge in [0.1, 0.15) is 5.84 Å². The second-order valence-electron chi connectivity index (χ2n) is 6.07. The molecule has 0 bridgehead atoms. The van der Waals surface area contributed by atoms with Crippen molar-refractivity contribution in [1.29, 1.82) is 0 Å². The average molecular weight is 354 g/mol. The molecule has 0 saturated carbocycles. The number of nitrogens with zero attached hydrogens (tertiary/aromatic N) is 3. The highest BCUT2D eigenvalue weighted by molar-refractivity contribution is 7.96. The van der Waals surface area contributed by atoms with Gasteiger partial charge in [0.15, 0.2) is 5.84 Å². The van der Waals surface area contributed by atoms with E-state index in [2.05, 4.69) is 68.5 Å². The van der Waals surface area contributed by atoms with Gasteiger partial charge >= 0.3 is 0 Å². The number of aryl methyl sites for hydroxylation is 4. The Morgan fingerprint density at radius 1 is 0.800 bits per heavy atom. The first-order valence-corrected chi connectivity index (χ1v) is 9.41. The van der Waals surface area contributed by atoms with Crippen LogP contribution in [0.15, 0.2) is 45.8 Å². The third-order valence-electron chi connectivity index (χ3n) is 4.01. The molecule has 0 fully saturated rings. The van der Waals surface area contributed by atoms with Gasteiger partial charge in [-0.15, -0.1) is 0 Å². The summed E-state index contributed by atoms with van der Waals surface area (Å²) < 4.78 is 6.58. The Kier molecular flexibility index (Phi) is 6.43. The molecule has 2 aromatic carbocycles. The van der Waals surface area contributed by atoms with Crippen LogP contribution in [0.1, 0.15) is 47.2 Å². The Balaban J connectivity index is 0.00000109. The molecular weight excluding hydrogens is 326 g/mol. The fourth-order valence-electron chi connectivity index (χ4n) is 2.80. The van der Waals surface area contributed by atoms with E-state index in [9.17, 15) is 0 Å². The van der Waals surface area contributed by atoms with Gasteiger partial charge in [0.05, 0.1) is 12.1 Å². The predicted molar refractivity (Wildman–Crippen MR) is 112 cm³/mol. The molecule has 0 aliphatic carbocycles. The quantitative estimate of drug-likeness (QED) is 0.653. The van der Waals surface area contributed by atoms with E-state index in [1.807, 2.05) is 25.2 Å². The monoisotopic (exact) mass is 353 g/mol. The van der Waals surface area contributed by atoms with E-state index >= 15 is 0 Å². The predicted octanol–water partition coefficient (Wildman–Crippen LogP) is 5.65. The second-order valence-corrected chi connectivity index (χ2v) is 6.96. The van der Waals surface area contributed by atoms with Gasteiger partial charge in [-0.05, 0) is 38.8 Å². The van der Waals surface area contributed by atoms with Gasteiger partial charge in [-0.3, -0.25) is 4.31 Å². The smallest absolute Gasteiger partial charge is 0.171 e. The molecule has 0 atom stereocenters. The van der Waals surface area contributed by atoms with Crippen LogP contribution in [0.4, 0.5) is 0 Å². The zero-order valence-electron chi connectivity index (χ0n) is 16.2. The summed E-state index contributed by atoms with van der Waals surface area (Å²) in [6.07, 6.45) is 0. The highest BCUT2D eigenvalue weighted by Crippen LogP contribution is 2.25. The molecule has 1 aliphatic heterocycles. The molecule has 3 rings (SSSR count). The molecule has 4 heteroatoms. The molecule has 0 aromatic heterocycles. The van der Waals surface area contributed by atoms with Crippen molar-refractivity contribution in [3.8, 4) is 0 Å². The molecule has 1 aliphatic rings. The number of hydrogen-bond acceptors (Lipinski definition) is 4. The average Bonchev–Trinajstić information content (AvgIpc) is 2.58. The molecule has 0 saturated heterocycles. The summed E-state index contributed by atoms with van der Waals surface area (Å²) >= 11 is 1.44. The van der Waals surface area contributed by atoms with Crippen molar-refractivity contribution in [1.82, 2.24) is 4.31 Å². The fourth-order valence-corrected chi connectivity index (χ4v) is 3.35. The molecule has 0 spiro atoms. The van der Waals surface area contributed by atoms with Crippen LogP contribution in [0.25, 0.3) is 0 Å². The minimum Gasteiger partial charge on any atom is -0.284 e. The summed E-state index contributed by atoms with van der Waals surface area (Å²) in [7, 11) is 2.01. The van der Waals surface area contributed by atoms with Gasteiger partial charge < -0.3 is 0 Å². The van der Waals surface area contributed by atoms with Gasteiger partial charge in [0.2, 0.25) is 0 Å². The van der Waals surface area contributed by atoms with Crippen LogP contribution in [0, 0.1) is 27.7 Å². The van der Waals surface area contributed by atoms with Crippen molar-refractivity contribution in [3.63, 3.8) is 0 Å². The molecule has 3 nitrogen and oxygen atoms in total. The van der Waals surface area contributed by atoms with Gasteiger partial charge in [-0.25, -0.2) is 4.99 Å². The number of amidine groups is 2. The second kappa shape index (κ2) is 8.34. The van der Waals surface area contributed by atoms with E-state index < -0.39 is 0 Å². The van der Waals surface area contributed by atoms with Gasteiger partial charge in [-0.2, -0.15) is 4.40 Å². The zero-order valence-corrected chi connectivity index (χ0v) is 17.0. The van der Waals surface area contributed by atoms with Crippen molar-refractivity contribution in [2.24, 2.45) is 9.39 Å². The third kappa shape index (κ3) is 4.31. The SMILES string of the molecule is CC.Cc1ccc(C2=NSN(C)C(c3ccc(C)cc3C)=N2)c(C)c1. The summed E-state index contributed by atoms with van der Waals surface area (Å²) in [5.41, 5.74) is 7.21. The summed E-state index contributed by atoms with van der Waals surface area (Å²) in [5, 5.41) is 0. The highest BCUT2D eigenvalue weighted by Gasteiger charge is 2.20. The molecular formula is C21H27N3S. The Morgan fingerprint density at radius 2 is 1.32 bits per heavy atom. The van der Waals surface area contributed by atoms with E-state index in [1.54, 1.807) is 0 Å². The van der Waals surface area contributed by atoms with Crippen LogP contribution >= 0.6 is 12.1 Å². The van der Waals surface area contributed by atoms with Gasteiger partial charge in [-0.1, -0.05) is 61.4 Å². The topological polar surface area (TPSA) is 28.0 Å². The van der Waals surface area contributed by atoms with Crippen molar-refractivity contribution in [2.45, 2.75) is 41.5 Å². The highest BCUT2D eigenvalue weighted by atomic mass is 32.2. The van der Waals surface area contributed by atoms with Crippen LogP contribution < -0.4 is 0 Å². The molecule has 132 valence electrons. The Labute approximate surface area is 156 Å². The number of aliphatic imine (C=N–C) groups is 1. The molecule has 1 heterocycles. The van der Waals surface area contributed by atoms with Crippen LogP contribution in [-0.2, 0) is 0 Å². The van der Waals surface area contributed by atoms with Crippen LogP contribution in [0.2, 0.25) is 0 Å². The van der Waals surface area contributed by atoms with Crippen molar-refractivity contribution in [3.05, 3.63) is 69.8 Å². The largest absolute Gasteiger partial charge is 0.284 e. The minimum absolute atomic E-state index is 0.792. The summed E-state index contributed by atoms with van der Waals surface area (Å²) in [4.78, 5) is 4.86. The van der Waals surface area contributed by atoms with E-state index in [1.165, 1.54) is 34.4 Å². The third-order valence-corrected chi connectivity index (χ3v) is 4.68. The van der Waals surface area contributed by atoms with Crippen molar-refractivity contribution >= 4 is 23.8 Å². The van der Waals surface area contributed by atoms with E-state index in [0.717, 1.165) is 22.8 Å². The Bertz CT molecular complexity index is 822. The lowest BCUT2D eigenvalue weighted by Crippen LogP contribution is -2.26. The van der Waals surface area contributed by atoms with Gasteiger partial charge in [0.25, 0.3) is 0 Å². The number of rotatable bonds is 2. The summed E-state index contributed by atoms with van der Waals surface area (Å²) in [6, 6.07) is 12.9. The molecule has 0 amide bonds. The summed E-state index contributed by atoms with van der Waals surface area (Å²) in [6.45, 7) is 12.5. The molecule has 0 unspecified atom stereocenters. The standard InChI is InChI=1S/C19H21N3S.C2H6/c1-12-6-8-16(14(3)10-12)18-20-19(22(5)23-21-18)17-9-7-13(2)11-15(17)4;1-2/h6-11H,1-5H3;1-2H3. The van der Waals surface area contributed by atoms with Crippen molar-refractivity contribution < 1.29 is 0 Å². The van der Waals surface area contributed by atoms with E-state index in [4.69, 9.17) is 4.99 Å². The fraction of sp³-hybridized carbons (Fsp3) is 0.333. The van der Waals surface area contributed by atoms with E-state index in [-0.39, 0.29) is 0 Å². The molecule has 25 heavy (non-hydrogen) atoms. The maximum atomic E-state index is 4.86.